The summed E-state index contributed by atoms with van der Waals surface area (Å²) in [7, 11) is 5.05. The Bertz CT molecular complexity index is 731. The number of thioether (sulfide) groups is 1. The van der Waals surface area contributed by atoms with E-state index in [1.165, 1.54) is 0 Å². The zero-order valence-corrected chi connectivity index (χ0v) is 16.2. The molecule has 0 aliphatic heterocycles. The van der Waals surface area contributed by atoms with E-state index in [2.05, 4.69) is 13.8 Å². The maximum Gasteiger partial charge on any atom is 0.255 e. The number of hydrogen-bond acceptors (Lipinski definition) is 4. The average molecular weight is 359 g/mol. The first-order valence-electron chi connectivity index (χ1n) is 8.18. The maximum atomic E-state index is 12.9. The van der Waals surface area contributed by atoms with Crippen molar-refractivity contribution in [3.05, 3.63) is 53.6 Å². The fourth-order valence-corrected chi connectivity index (χ4v) is 3.46. The lowest BCUT2D eigenvalue weighted by Crippen LogP contribution is -2.27. The second kappa shape index (κ2) is 8.81. The highest BCUT2D eigenvalue weighted by Gasteiger charge is 2.18. The van der Waals surface area contributed by atoms with Crippen molar-refractivity contribution in [3.8, 4) is 11.5 Å². The van der Waals surface area contributed by atoms with Crippen molar-refractivity contribution in [3.63, 3.8) is 0 Å². The number of benzene rings is 2. The zero-order valence-electron chi connectivity index (χ0n) is 15.4. The molecule has 2 aromatic carbocycles. The third-order valence-electron chi connectivity index (χ3n) is 3.73. The molecule has 1 amide bonds. The Balaban J connectivity index is 2.21. The molecule has 25 heavy (non-hydrogen) atoms. The van der Waals surface area contributed by atoms with E-state index < -0.39 is 0 Å². The Labute approximate surface area is 154 Å². The van der Waals surface area contributed by atoms with Gasteiger partial charge in [0.15, 0.2) is 0 Å². The van der Waals surface area contributed by atoms with Crippen molar-refractivity contribution in [2.75, 3.05) is 21.3 Å². The van der Waals surface area contributed by atoms with Gasteiger partial charge in [0, 0.05) is 35.4 Å². The van der Waals surface area contributed by atoms with Crippen LogP contribution in [-0.4, -0.2) is 37.3 Å². The molecule has 0 saturated carbocycles. The molecule has 4 nitrogen and oxygen atoms in total. The van der Waals surface area contributed by atoms with Gasteiger partial charge < -0.3 is 14.4 Å². The van der Waals surface area contributed by atoms with E-state index in [1.807, 2.05) is 49.5 Å². The lowest BCUT2D eigenvalue weighted by Gasteiger charge is -2.21. The summed E-state index contributed by atoms with van der Waals surface area (Å²) in [6.45, 7) is 4.71. The minimum Gasteiger partial charge on any atom is -0.497 e. The summed E-state index contributed by atoms with van der Waals surface area (Å²) in [5.74, 6) is 1.44. The Kier molecular flexibility index (Phi) is 6.76. The Morgan fingerprint density at radius 3 is 2.48 bits per heavy atom. The molecule has 0 unspecified atom stereocenters. The van der Waals surface area contributed by atoms with Crippen molar-refractivity contribution in [1.82, 2.24) is 4.90 Å². The van der Waals surface area contributed by atoms with Crippen LogP contribution in [0.1, 0.15) is 29.8 Å². The van der Waals surface area contributed by atoms with Gasteiger partial charge in [-0.15, -0.1) is 11.8 Å². The Morgan fingerprint density at radius 2 is 1.84 bits per heavy atom. The monoisotopic (exact) mass is 359 g/mol. The number of carbonyl (C=O) groups is 1. The molecule has 2 aromatic rings. The van der Waals surface area contributed by atoms with Gasteiger partial charge in [0.05, 0.1) is 19.8 Å². The van der Waals surface area contributed by atoms with Crippen molar-refractivity contribution in [2.24, 2.45) is 0 Å². The summed E-state index contributed by atoms with van der Waals surface area (Å²) in [6.07, 6.45) is 0. The van der Waals surface area contributed by atoms with E-state index in [1.54, 1.807) is 30.9 Å². The molecule has 0 atom stereocenters. The highest BCUT2D eigenvalue weighted by Crippen LogP contribution is 2.29. The predicted octanol–water partition coefficient (Wildman–Crippen LogP) is 4.48. The zero-order chi connectivity index (χ0) is 18.4. The fraction of sp³-hybridized carbons (Fsp3) is 0.350. The third-order valence-corrected chi connectivity index (χ3v) is 4.81. The molecular weight excluding hydrogens is 334 g/mol. The molecule has 0 heterocycles. The quantitative estimate of drug-likeness (QED) is 0.684. The first-order valence-corrected chi connectivity index (χ1v) is 9.06. The van der Waals surface area contributed by atoms with Crippen molar-refractivity contribution < 1.29 is 14.3 Å². The van der Waals surface area contributed by atoms with Crippen LogP contribution in [0.2, 0.25) is 0 Å². The van der Waals surface area contributed by atoms with Crippen LogP contribution in [0.3, 0.4) is 0 Å². The molecule has 134 valence electrons. The minimum absolute atomic E-state index is 0.00150. The van der Waals surface area contributed by atoms with Gasteiger partial charge in [-0.3, -0.25) is 4.79 Å². The number of carbonyl (C=O) groups excluding carboxylic acids is 1. The summed E-state index contributed by atoms with van der Waals surface area (Å²) < 4.78 is 10.7. The number of rotatable bonds is 7. The van der Waals surface area contributed by atoms with Gasteiger partial charge in [0.1, 0.15) is 11.5 Å². The molecule has 5 heteroatoms. The largest absolute Gasteiger partial charge is 0.497 e. The Hall–Kier alpha value is -2.14. The molecule has 2 rings (SSSR count). The molecule has 0 aliphatic carbocycles. The predicted molar refractivity (Wildman–Crippen MR) is 103 cm³/mol. The summed E-state index contributed by atoms with van der Waals surface area (Å²) in [5, 5.41) is 0.418. The molecule has 0 aliphatic rings. The molecule has 0 fully saturated rings. The van der Waals surface area contributed by atoms with E-state index in [4.69, 9.17) is 9.47 Å². The van der Waals surface area contributed by atoms with E-state index in [0.717, 1.165) is 21.8 Å². The summed E-state index contributed by atoms with van der Waals surface area (Å²) in [5.41, 5.74) is 1.67. The van der Waals surface area contributed by atoms with Crippen LogP contribution >= 0.6 is 11.8 Å². The molecule has 0 spiro atoms. The lowest BCUT2D eigenvalue weighted by atomic mass is 10.1. The van der Waals surface area contributed by atoms with Crippen LogP contribution in [0.4, 0.5) is 0 Å². The van der Waals surface area contributed by atoms with Gasteiger partial charge in [-0.05, 0) is 24.3 Å². The molecule has 0 N–H and O–H groups in total. The first kappa shape index (κ1) is 19.2. The van der Waals surface area contributed by atoms with E-state index in [-0.39, 0.29) is 5.91 Å². The number of methoxy groups -OCH3 is 2. The van der Waals surface area contributed by atoms with Crippen LogP contribution in [0.5, 0.6) is 11.5 Å². The van der Waals surface area contributed by atoms with E-state index in [0.29, 0.717) is 17.5 Å². The second-order valence-corrected chi connectivity index (χ2v) is 7.62. The fourth-order valence-electron chi connectivity index (χ4n) is 2.52. The number of ether oxygens (including phenoxy) is 2. The number of hydrogen-bond donors (Lipinski definition) is 0. The Morgan fingerprint density at radius 1 is 1.12 bits per heavy atom. The van der Waals surface area contributed by atoms with Crippen LogP contribution in [0.25, 0.3) is 0 Å². The van der Waals surface area contributed by atoms with E-state index in [9.17, 15) is 4.79 Å². The number of nitrogens with zero attached hydrogens (tertiary/aromatic N) is 1. The minimum atomic E-state index is 0.00150. The van der Waals surface area contributed by atoms with Gasteiger partial charge in [0.2, 0.25) is 0 Å². The van der Waals surface area contributed by atoms with E-state index >= 15 is 0 Å². The first-order chi connectivity index (χ1) is 12.0. The SMILES string of the molecule is COc1ccc(CN(C)C(=O)c2ccccc2SC(C)C)c(OC)c1. The summed E-state index contributed by atoms with van der Waals surface area (Å²) in [6, 6.07) is 13.4. The standard InChI is InChI=1S/C20H25NO3S/c1-14(2)25-19-9-7-6-8-17(19)20(22)21(3)13-15-10-11-16(23-4)12-18(15)24-5/h6-12,14H,13H2,1-5H3. The van der Waals surface area contributed by atoms with Gasteiger partial charge in [-0.1, -0.05) is 26.0 Å². The topological polar surface area (TPSA) is 38.8 Å². The molecule has 0 saturated heterocycles. The van der Waals surface area contributed by atoms with Gasteiger partial charge >= 0.3 is 0 Å². The van der Waals surface area contributed by atoms with Gasteiger partial charge in [-0.25, -0.2) is 0 Å². The van der Waals surface area contributed by atoms with Crippen molar-refractivity contribution in [1.29, 1.82) is 0 Å². The third kappa shape index (κ3) is 4.92. The second-order valence-electron chi connectivity index (χ2n) is 6.00. The smallest absolute Gasteiger partial charge is 0.255 e. The van der Waals surface area contributed by atoms with Crippen LogP contribution in [0, 0.1) is 0 Å². The van der Waals surface area contributed by atoms with Gasteiger partial charge in [0.25, 0.3) is 5.91 Å². The molecule has 0 radical (unpaired) electrons. The van der Waals surface area contributed by atoms with Gasteiger partial charge in [-0.2, -0.15) is 0 Å². The molecule has 0 aromatic heterocycles. The summed E-state index contributed by atoms with van der Waals surface area (Å²) >= 11 is 1.70. The maximum absolute atomic E-state index is 12.9. The van der Waals surface area contributed by atoms with Crippen LogP contribution in [-0.2, 0) is 6.54 Å². The molecular formula is C20H25NO3S. The average Bonchev–Trinajstić information content (AvgIpc) is 2.61. The summed E-state index contributed by atoms with van der Waals surface area (Å²) in [4.78, 5) is 15.6. The number of amides is 1. The molecule has 0 bridgehead atoms. The van der Waals surface area contributed by atoms with Crippen LogP contribution in [0.15, 0.2) is 47.4 Å². The van der Waals surface area contributed by atoms with Crippen LogP contribution < -0.4 is 9.47 Å². The lowest BCUT2D eigenvalue weighted by molar-refractivity contribution is 0.0781. The highest BCUT2D eigenvalue weighted by molar-refractivity contribution is 8.00. The highest BCUT2D eigenvalue weighted by atomic mass is 32.2. The van der Waals surface area contributed by atoms with Crippen molar-refractivity contribution >= 4 is 17.7 Å². The van der Waals surface area contributed by atoms with Crippen molar-refractivity contribution in [2.45, 2.75) is 30.5 Å². The normalized spacial score (nSPS) is 10.6.